The summed E-state index contributed by atoms with van der Waals surface area (Å²) in [6.07, 6.45) is 4.41. The first-order valence-electron chi connectivity index (χ1n) is 4.16. The van der Waals surface area contributed by atoms with Crippen molar-refractivity contribution in [3.63, 3.8) is 0 Å². The number of aromatic amines is 1. The van der Waals surface area contributed by atoms with Gasteiger partial charge in [0.25, 0.3) is 10.0 Å². The van der Waals surface area contributed by atoms with E-state index in [2.05, 4.69) is 30.6 Å². The van der Waals surface area contributed by atoms with Crippen LogP contribution in [0.15, 0.2) is 17.6 Å². The van der Waals surface area contributed by atoms with Gasteiger partial charge in [0.1, 0.15) is 0 Å². The van der Waals surface area contributed by atoms with Crippen molar-refractivity contribution in [3.8, 4) is 0 Å². The van der Waals surface area contributed by atoms with Gasteiger partial charge in [-0.15, -0.1) is 0 Å². The maximum absolute atomic E-state index is 11.7. The summed E-state index contributed by atoms with van der Waals surface area (Å²) in [6.45, 7) is 0. The van der Waals surface area contributed by atoms with Crippen LogP contribution in [0.25, 0.3) is 0 Å². The average molecular weight is 280 g/mol. The number of halogens is 1. The molecule has 0 saturated heterocycles. The fourth-order valence-electron chi connectivity index (χ4n) is 1.14. The van der Waals surface area contributed by atoms with Crippen molar-refractivity contribution in [3.05, 3.63) is 12.5 Å². The second-order valence-electron chi connectivity index (χ2n) is 3.44. The van der Waals surface area contributed by atoms with Crippen molar-refractivity contribution < 1.29 is 8.42 Å². The summed E-state index contributed by atoms with van der Waals surface area (Å²) in [5.74, 6) is 0. The Labute approximate surface area is 90.5 Å². The van der Waals surface area contributed by atoms with E-state index in [1.165, 1.54) is 12.5 Å². The Morgan fingerprint density at radius 1 is 1.64 bits per heavy atom. The molecule has 0 atom stereocenters. The van der Waals surface area contributed by atoms with Gasteiger partial charge in [-0.1, -0.05) is 15.9 Å². The van der Waals surface area contributed by atoms with Gasteiger partial charge in [0.05, 0.1) is 12.5 Å². The number of sulfonamides is 1. The van der Waals surface area contributed by atoms with Gasteiger partial charge in [-0.25, -0.2) is 18.1 Å². The molecule has 0 aromatic carbocycles. The van der Waals surface area contributed by atoms with Gasteiger partial charge in [-0.05, 0) is 12.8 Å². The van der Waals surface area contributed by atoms with Crippen molar-refractivity contribution in [2.24, 2.45) is 0 Å². The minimum atomic E-state index is -3.42. The monoisotopic (exact) mass is 279 g/mol. The highest BCUT2D eigenvalue weighted by Gasteiger charge is 2.45. The lowest BCUT2D eigenvalue weighted by Crippen LogP contribution is -2.38. The molecule has 1 aliphatic rings. The van der Waals surface area contributed by atoms with Crippen LogP contribution < -0.4 is 4.72 Å². The van der Waals surface area contributed by atoms with Crippen LogP contribution in [0.1, 0.15) is 12.8 Å². The van der Waals surface area contributed by atoms with E-state index in [1.54, 1.807) is 0 Å². The smallest absolute Gasteiger partial charge is 0.258 e. The summed E-state index contributed by atoms with van der Waals surface area (Å²) in [5.41, 5.74) is -0.274. The van der Waals surface area contributed by atoms with Gasteiger partial charge in [-0.2, -0.15) is 0 Å². The SMILES string of the molecule is O=S(=O)(NC1(CBr)CC1)c1cnc[nH]1. The normalized spacial score (nSPS) is 19.5. The summed E-state index contributed by atoms with van der Waals surface area (Å²) in [5, 5.41) is 0.762. The molecule has 0 spiro atoms. The Bertz CT molecular complexity index is 410. The minimum Gasteiger partial charge on any atom is -0.335 e. The molecule has 5 nitrogen and oxygen atoms in total. The summed E-state index contributed by atoms with van der Waals surface area (Å²) in [7, 11) is -3.42. The molecule has 1 aromatic heterocycles. The maximum atomic E-state index is 11.7. The summed E-state index contributed by atoms with van der Waals surface area (Å²) < 4.78 is 26.1. The lowest BCUT2D eigenvalue weighted by atomic mass is 10.4. The van der Waals surface area contributed by atoms with E-state index in [0.29, 0.717) is 5.33 Å². The van der Waals surface area contributed by atoms with Crippen molar-refractivity contribution >= 4 is 26.0 Å². The molecule has 2 rings (SSSR count). The molecular formula is C7H10BrN3O2S. The predicted octanol–water partition coefficient (Wildman–Crippen LogP) is 0.615. The predicted molar refractivity (Wildman–Crippen MR) is 54.7 cm³/mol. The van der Waals surface area contributed by atoms with Crippen molar-refractivity contribution in [1.82, 2.24) is 14.7 Å². The van der Waals surface area contributed by atoms with E-state index in [1.807, 2.05) is 0 Å². The van der Waals surface area contributed by atoms with E-state index >= 15 is 0 Å². The highest BCUT2D eigenvalue weighted by atomic mass is 79.9. The molecule has 1 aromatic rings. The number of nitrogens with zero attached hydrogens (tertiary/aromatic N) is 1. The Kier molecular flexibility index (Phi) is 2.40. The third-order valence-corrected chi connectivity index (χ3v) is 4.80. The first kappa shape index (κ1) is 10.1. The molecular weight excluding hydrogens is 270 g/mol. The van der Waals surface area contributed by atoms with Gasteiger partial charge in [0.15, 0.2) is 5.03 Å². The van der Waals surface area contributed by atoms with Crippen molar-refractivity contribution in [2.45, 2.75) is 23.4 Å². The Balaban J connectivity index is 2.19. The van der Waals surface area contributed by atoms with Crippen LogP contribution in [0.5, 0.6) is 0 Å². The Hall–Kier alpha value is -0.400. The van der Waals surface area contributed by atoms with Gasteiger partial charge < -0.3 is 4.98 Å². The van der Waals surface area contributed by atoms with Gasteiger partial charge in [-0.3, -0.25) is 0 Å². The number of H-pyrrole nitrogens is 1. The number of aromatic nitrogens is 2. The molecule has 1 saturated carbocycles. The number of hydrogen-bond acceptors (Lipinski definition) is 3. The molecule has 14 heavy (non-hydrogen) atoms. The first-order valence-corrected chi connectivity index (χ1v) is 6.77. The van der Waals surface area contributed by atoms with Crippen LogP contribution >= 0.6 is 15.9 Å². The summed E-state index contributed by atoms with van der Waals surface area (Å²) >= 11 is 3.30. The maximum Gasteiger partial charge on any atom is 0.258 e. The average Bonchev–Trinajstić information content (AvgIpc) is 2.70. The third-order valence-electron chi connectivity index (χ3n) is 2.22. The number of hydrogen-bond donors (Lipinski definition) is 2. The van der Waals surface area contributed by atoms with E-state index in [0.717, 1.165) is 12.8 Å². The second-order valence-corrected chi connectivity index (χ2v) is 5.65. The van der Waals surface area contributed by atoms with Crippen LogP contribution in [0.4, 0.5) is 0 Å². The fraction of sp³-hybridized carbons (Fsp3) is 0.571. The van der Waals surface area contributed by atoms with E-state index in [-0.39, 0.29) is 10.6 Å². The molecule has 78 valence electrons. The lowest BCUT2D eigenvalue weighted by molar-refractivity contribution is 0.558. The van der Waals surface area contributed by atoms with E-state index in [4.69, 9.17) is 0 Å². The highest BCUT2D eigenvalue weighted by Crippen LogP contribution is 2.38. The van der Waals surface area contributed by atoms with E-state index in [9.17, 15) is 8.42 Å². The molecule has 1 fully saturated rings. The molecule has 2 N–H and O–H groups in total. The first-order chi connectivity index (χ1) is 6.58. The number of imidazole rings is 1. The van der Waals surface area contributed by atoms with Crippen molar-refractivity contribution in [1.29, 1.82) is 0 Å². The number of nitrogens with one attached hydrogen (secondary N) is 2. The molecule has 0 amide bonds. The quantitative estimate of drug-likeness (QED) is 0.794. The highest BCUT2D eigenvalue weighted by molar-refractivity contribution is 9.09. The number of alkyl halides is 1. The van der Waals surface area contributed by atoms with Crippen molar-refractivity contribution in [2.75, 3.05) is 5.33 Å². The van der Waals surface area contributed by atoms with Crippen LogP contribution in [-0.2, 0) is 10.0 Å². The zero-order chi connectivity index (χ0) is 10.2. The Morgan fingerprint density at radius 2 is 2.36 bits per heavy atom. The third kappa shape index (κ3) is 1.84. The molecule has 0 unspecified atom stereocenters. The second kappa shape index (κ2) is 3.32. The van der Waals surface area contributed by atoms with Crippen LogP contribution in [-0.4, -0.2) is 29.3 Å². The number of rotatable bonds is 4. The molecule has 1 heterocycles. The molecule has 0 bridgehead atoms. The standard InChI is InChI=1S/C7H10BrN3O2S/c8-4-7(1-2-7)11-14(12,13)6-3-9-5-10-6/h3,5,11H,1-2,4H2,(H,9,10). The van der Waals surface area contributed by atoms with Crippen LogP contribution in [0.3, 0.4) is 0 Å². The molecule has 7 heteroatoms. The molecule has 0 radical (unpaired) electrons. The van der Waals surface area contributed by atoms with Crippen LogP contribution in [0, 0.1) is 0 Å². The van der Waals surface area contributed by atoms with Gasteiger partial charge in [0.2, 0.25) is 0 Å². The topological polar surface area (TPSA) is 74.8 Å². The van der Waals surface area contributed by atoms with Crippen LogP contribution in [0.2, 0.25) is 0 Å². The van der Waals surface area contributed by atoms with Gasteiger partial charge >= 0.3 is 0 Å². The fourth-order valence-corrected chi connectivity index (χ4v) is 3.39. The minimum absolute atomic E-state index is 0.115. The van der Waals surface area contributed by atoms with E-state index < -0.39 is 10.0 Å². The Morgan fingerprint density at radius 3 is 2.79 bits per heavy atom. The summed E-state index contributed by atoms with van der Waals surface area (Å²) in [4.78, 5) is 6.25. The lowest BCUT2D eigenvalue weighted by Gasteiger charge is -2.12. The largest absolute Gasteiger partial charge is 0.335 e. The summed E-state index contributed by atoms with van der Waals surface area (Å²) in [6, 6.07) is 0. The zero-order valence-electron chi connectivity index (χ0n) is 7.33. The molecule has 0 aliphatic heterocycles. The zero-order valence-corrected chi connectivity index (χ0v) is 9.73. The molecule has 1 aliphatic carbocycles. The van der Waals surface area contributed by atoms with Gasteiger partial charge in [0, 0.05) is 10.9 Å².